The predicted molar refractivity (Wildman–Crippen MR) is 106 cm³/mol. The Kier molecular flexibility index (Phi) is 4.43. The van der Waals surface area contributed by atoms with Gasteiger partial charge in [0.15, 0.2) is 5.82 Å². The maximum absolute atomic E-state index is 12.1. The highest BCUT2D eigenvalue weighted by molar-refractivity contribution is 5.99. The first-order valence-corrected chi connectivity index (χ1v) is 9.20. The van der Waals surface area contributed by atoms with Gasteiger partial charge in [0, 0.05) is 35.8 Å². The van der Waals surface area contributed by atoms with E-state index in [1.807, 2.05) is 56.0 Å². The molecule has 0 unspecified atom stereocenters. The topological polar surface area (TPSA) is 83.1 Å². The van der Waals surface area contributed by atoms with E-state index in [-0.39, 0.29) is 12.0 Å². The van der Waals surface area contributed by atoms with Crippen LogP contribution in [0.25, 0.3) is 10.8 Å². The Morgan fingerprint density at radius 2 is 2.07 bits per heavy atom. The van der Waals surface area contributed by atoms with Crippen LogP contribution >= 0.6 is 0 Å². The van der Waals surface area contributed by atoms with Gasteiger partial charge in [-0.05, 0) is 56.8 Å². The first-order valence-electron chi connectivity index (χ1n) is 9.20. The van der Waals surface area contributed by atoms with E-state index in [2.05, 4.69) is 20.5 Å². The summed E-state index contributed by atoms with van der Waals surface area (Å²) in [5.41, 5.74) is 1.88. The fourth-order valence-electron chi connectivity index (χ4n) is 3.29. The maximum atomic E-state index is 12.1. The molecule has 0 spiro atoms. The lowest BCUT2D eigenvalue weighted by molar-refractivity contribution is -0.117. The number of fused-ring (bicyclic) bond motifs is 1. The maximum Gasteiger partial charge on any atom is 0.227 e. The number of anilines is 3. The Labute approximate surface area is 157 Å². The number of amides is 1. The monoisotopic (exact) mass is 365 g/mol. The molecule has 0 saturated carbocycles. The second-order valence-electron chi connectivity index (χ2n) is 7.09. The minimum absolute atomic E-state index is 0.00316. The summed E-state index contributed by atoms with van der Waals surface area (Å²) in [5.74, 6) is 2.08. The first kappa shape index (κ1) is 17.3. The molecule has 27 heavy (non-hydrogen) atoms. The molecule has 1 aliphatic heterocycles. The number of benzene rings is 1. The highest BCUT2D eigenvalue weighted by atomic mass is 16.5. The van der Waals surface area contributed by atoms with Crippen LogP contribution in [0.2, 0.25) is 0 Å². The van der Waals surface area contributed by atoms with Crippen molar-refractivity contribution in [3.05, 3.63) is 36.0 Å². The third-order valence-corrected chi connectivity index (χ3v) is 4.47. The van der Waals surface area contributed by atoms with E-state index < -0.39 is 0 Å². The third-order valence-electron chi connectivity index (χ3n) is 4.47. The molecule has 7 heteroatoms. The molecule has 1 amide bonds. The summed E-state index contributed by atoms with van der Waals surface area (Å²) >= 11 is 0. The van der Waals surface area contributed by atoms with Crippen molar-refractivity contribution >= 4 is 34.0 Å². The molecule has 0 aliphatic carbocycles. The number of aryl methyl sites for hydroxylation is 1. The van der Waals surface area contributed by atoms with Crippen LogP contribution in [0.1, 0.15) is 32.4 Å². The summed E-state index contributed by atoms with van der Waals surface area (Å²) in [7, 11) is 0. The van der Waals surface area contributed by atoms with E-state index in [1.54, 1.807) is 0 Å². The normalized spacial score (nSPS) is 14.4. The lowest BCUT2D eigenvalue weighted by Crippen LogP contribution is -2.23. The zero-order valence-electron chi connectivity index (χ0n) is 15.7. The minimum Gasteiger partial charge on any atom is -0.474 e. The number of nitrogens with zero attached hydrogens (tertiary/aromatic N) is 3. The molecule has 140 valence electrons. The number of hydrogen-bond donors (Lipinski definition) is 2. The van der Waals surface area contributed by atoms with Gasteiger partial charge < -0.3 is 15.0 Å². The highest BCUT2D eigenvalue weighted by Gasteiger charge is 2.22. The second kappa shape index (κ2) is 6.90. The number of nitrogens with one attached hydrogen (secondary N) is 2. The molecule has 3 aromatic rings. The number of aromatic nitrogens is 3. The molecule has 1 fully saturated rings. The van der Waals surface area contributed by atoms with Crippen LogP contribution in [0.4, 0.5) is 17.3 Å². The van der Waals surface area contributed by atoms with Gasteiger partial charge in [-0.1, -0.05) is 0 Å². The van der Waals surface area contributed by atoms with Crippen molar-refractivity contribution in [1.29, 1.82) is 0 Å². The van der Waals surface area contributed by atoms with Crippen molar-refractivity contribution in [3.8, 4) is 5.88 Å². The number of hydrogen-bond acceptors (Lipinski definition) is 5. The molecule has 0 atom stereocenters. The van der Waals surface area contributed by atoms with Crippen molar-refractivity contribution in [2.45, 2.75) is 39.7 Å². The number of carbonyl (C=O) groups is 1. The molecule has 1 saturated heterocycles. The number of carbonyl (C=O) groups excluding carboxylic acids is 1. The minimum atomic E-state index is 0.00316. The number of pyridine rings is 1. The van der Waals surface area contributed by atoms with Gasteiger partial charge in [0.1, 0.15) is 5.82 Å². The Morgan fingerprint density at radius 1 is 1.22 bits per heavy atom. The Hall–Kier alpha value is -3.09. The summed E-state index contributed by atoms with van der Waals surface area (Å²) in [6.07, 6.45) is 1.52. The summed E-state index contributed by atoms with van der Waals surface area (Å²) in [6.45, 7) is 6.66. The quantitative estimate of drug-likeness (QED) is 0.716. The molecule has 1 aromatic carbocycles. The predicted octanol–water partition coefficient (Wildman–Crippen LogP) is 3.92. The fraction of sp³-hybridized carbons (Fsp3) is 0.350. The van der Waals surface area contributed by atoms with Crippen molar-refractivity contribution in [1.82, 2.24) is 15.2 Å². The molecule has 0 radical (unpaired) electrons. The van der Waals surface area contributed by atoms with Crippen molar-refractivity contribution in [2.24, 2.45) is 0 Å². The van der Waals surface area contributed by atoms with Gasteiger partial charge in [0.05, 0.1) is 6.10 Å². The summed E-state index contributed by atoms with van der Waals surface area (Å²) in [5, 5.41) is 12.2. The number of aromatic amines is 1. The van der Waals surface area contributed by atoms with Crippen LogP contribution in [0.3, 0.4) is 0 Å². The van der Waals surface area contributed by atoms with Crippen LogP contribution in [-0.2, 0) is 4.79 Å². The van der Waals surface area contributed by atoms with Crippen LogP contribution < -0.4 is 15.0 Å². The second-order valence-corrected chi connectivity index (χ2v) is 7.09. The summed E-state index contributed by atoms with van der Waals surface area (Å²) in [6, 6.07) is 9.83. The smallest absolute Gasteiger partial charge is 0.227 e. The average Bonchev–Trinajstić information content (AvgIpc) is 3.22. The van der Waals surface area contributed by atoms with E-state index in [0.717, 1.165) is 35.1 Å². The molecule has 3 heterocycles. The number of rotatable bonds is 5. The molecule has 1 aliphatic rings. The van der Waals surface area contributed by atoms with Crippen LogP contribution in [-0.4, -0.2) is 33.7 Å². The van der Waals surface area contributed by atoms with Gasteiger partial charge in [-0.15, -0.1) is 0 Å². The lowest BCUT2D eigenvalue weighted by atomic mass is 10.1. The molecule has 0 bridgehead atoms. The van der Waals surface area contributed by atoms with Crippen molar-refractivity contribution in [3.63, 3.8) is 0 Å². The molecule has 2 N–H and O–H groups in total. The largest absolute Gasteiger partial charge is 0.474 e. The van der Waals surface area contributed by atoms with Gasteiger partial charge >= 0.3 is 0 Å². The van der Waals surface area contributed by atoms with Crippen LogP contribution in [0, 0.1) is 6.92 Å². The van der Waals surface area contributed by atoms with Gasteiger partial charge in [-0.25, -0.2) is 0 Å². The zero-order chi connectivity index (χ0) is 19.0. The zero-order valence-corrected chi connectivity index (χ0v) is 15.7. The van der Waals surface area contributed by atoms with E-state index in [1.165, 1.54) is 0 Å². The lowest BCUT2D eigenvalue weighted by Gasteiger charge is -2.18. The SMILES string of the molecule is Cc1cc(Nc2cc3cc(N4CCCC4=O)ccc3c(OC(C)C)n2)n[nH]1. The molecule has 2 aromatic heterocycles. The van der Waals surface area contributed by atoms with Crippen LogP contribution in [0.5, 0.6) is 5.88 Å². The van der Waals surface area contributed by atoms with E-state index in [9.17, 15) is 4.79 Å². The van der Waals surface area contributed by atoms with Gasteiger partial charge in [-0.3, -0.25) is 9.89 Å². The van der Waals surface area contributed by atoms with Gasteiger partial charge in [0.2, 0.25) is 11.8 Å². The molecular weight excluding hydrogens is 342 g/mol. The van der Waals surface area contributed by atoms with Crippen molar-refractivity contribution < 1.29 is 9.53 Å². The molecule has 4 rings (SSSR count). The molecular formula is C20H23N5O2. The van der Waals surface area contributed by atoms with E-state index in [0.29, 0.717) is 23.9 Å². The highest BCUT2D eigenvalue weighted by Crippen LogP contribution is 2.32. The number of H-pyrrole nitrogens is 1. The molecule has 7 nitrogen and oxygen atoms in total. The standard InChI is InChI=1S/C20H23N5O2/c1-12(2)27-20-16-7-6-15(25-8-4-5-19(25)26)10-14(16)11-17(22-20)21-18-9-13(3)23-24-18/h6-7,9-12H,4-5,8H2,1-3H3,(H2,21,22,23,24). The summed E-state index contributed by atoms with van der Waals surface area (Å²) < 4.78 is 5.94. The third kappa shape index (κ3) is 3.58. The van der Waals surface area contributed by atoms with E-state index >= 15 is 0 Å². The van der Waals surface area contributed by atoms with E-state index in [4.69, 9.17) is 4.74 Å². The number of ether oxygens (including phenoxy) is 1. The average molecular weight is 365 g/mol. The fourth-order valence-corrected chi connectivity index (χ4v) is 3.29. The van der Waals surface area contributed by atoms with Gasteiger partial charge in [-0.2, -0.15) is 10.1 Å². The van der Waals surface area contributed by atoms with Crippen LogP contribution in [0.15, 0.2) is 30.3 Å². The Balaban J connectivity index is 1.77. The first-order chi connectivity index (χ1) is 13.0. The Bertz CT molecular complexity index is 995. The van der Waals surface area contributed by atoms with Gasteiger partial charge in [0.25, 0.3) is 0 Å². The summed E-state index contributed by atoms with van der Waals surface area (Å²) in [4.78, 5) is 18.6. The Morgan fingerprint density at radius 3 is 2.74 bits per heavy atom. The van der Waals surface area contributed by atoms with Crippen molar-refractivity contribution in [2.75, 3.05) is 16.8 Å².